The summed E-state index contributed by atoms with van der Waals surface area (Å²) in [6.45, 7) is 2.87. The molecule has 4 rings (SSSR count). The summed E-state index contributed by atoms with van der Waals surface area (Å²) in [5, 5.41) is 11.8. The van der Waals surface area contributed by atoms with E-state index in [9.17, 15) is 18.0 Å². The van der Waals surface area contributed by atoms with Gasteiger partial charge in [0.25, 0.3) is 0 Å². The number of benzene rings is 2. The Kier molecular flexibility index (Phi) is 8.07. The molecule has 192 valence electrons. The van der Waals surface area contributed by atoms with Crippen molar-refractivity contribution in [3.8, 4) is 17.3 Å². The lowest BCUT2D eigenvalue weighted by atomic mass is 10.1. The van der Waals surface area contributed by atoms with Crippen LogP contribution < -0.4 is 10.2 Å². The molecule has 1 N–H and O–H groups in total. The number of carbonyl (C=O) groups is 1. The fourth-order valence-corrected chi connectivity index (χ4v) is 4.49. The van der Waals surface area contributed by atoms with Crippen LogP contribution in [0.1, 0.15) is 48.7 Å². The van der Waals surface area contributed by atoms with E-state index in [-0.39, 0.29) is 17.4 Å². The summed E-state index contributed by atoms with van der Waals surface area (Å²) in [5.41, 5.74) is 3.38. The number of nitrogens with one attached hydrogen (secondary N) is 1. The van der Waals surface area contributed by atoms with Crippen LogP contribution >= 0.6 is 0 Å². The smallest absolute Gasteiger partial charge is 0.354 e. The molecule has 0 spiro atoms. The fourth-order valence-electron chi connectivity index (χ4n) is 4.49. The van der Waals surface area contributed by atoms with E-state index in [0.717, 1.165) is 24.0 Å². The van der Waals surface area contributed by atoms with Crippen LogP contribution in [0.25, 0.3) is 11.3 Å². The Labute approximate surface area is 214 Å². The molecule has 1 atom stereocenters. The van der Waals surface area contributed by atoms with Crippen LogP contribution in [0.3, 0.4) is 0 Å². The zero-order chi connectivity index (χ0) is 26.4. The molecule has 1 aliphatic rings. The Balaban J connectivity index is 1.52. The first-order chi connectivity index (χ1) is 17.8. The highest BCUT2D eigenvalue weighted by molar-refractivity contribution is 5.85. The van der Waals surface area contributed by atoms with Crippen LogP contribution in [-0.2, 0) is 23.8 Å². The van der Waals surface area contributed by atoms with Crippen LogP contribution in [0, 0.1) is 11.3 Å². The normalized spacial score (nSPS) is 15.4. The summed E-state index contributed by atoms with van der Waals surface area (Å²) in [4.78, 5) is 22.3. The van der Waals surface area contributed by atoms with Gasteiger partial charge in [-0.15, -0.1) is 0 Å². The second-order valence-electron chi connectivity index (χ2n) is 9.08. The molecule has 9 heteroatoms. The van der Waals surface area contributed by atoms with Crippen LogP contribution in [-0.4, -0.2) is 35.0 Å². The number of nitrogens with zero attached hydrogens (tertiary/aromatic N) is 4. The lowest BCUT2D eigenvalue weighted by Gasteiger charge is -2.26. The number of carbonyl (C=O) groups excluding carboxylic acids is 1. The number of anilines is 1. The largest absolute Gasteiger partial charge is 0.451 e. The molecule has 2 aromatic carbocycles. The van der Waals surface area contributed by atoms with Crippen molar-refractivity contribution in [1.82, 2.24) is 15.3 Å². The first-order valence-electron chi connectivity index (χ1n) is 12.4. The van der Waals surface area contributed by atoms with Crippen molar-refractivity contribution in [3.63, 3.8) is 0 Å². The molecule has 0 saturated carbocycles. The number of rotatable bonds is 8. The third-order valence-corrected chi connectivity index (χ3v) is 6.40. The predicted molar refractivity (Wildman–Crippen MR) is 135 cm³/mol. The van der Waals surface area contributed by atoms with Crippen LogP contribution in [0.2, 0.25) is 0 Å². The van der Waals surface area contributed by atoms with Gasteiger partial charge in [-0.3, -0.25) is 4.79 Å². The number of halogens is 3. The minimum atomic E-state index is -4.72. The van der Waals surface area contributed by atoms with Gasteiger partial charge in [0.05, 0.1) is 17.3 Å². The SMILES string of the molecule is CCCc1ccc(-c2cc(N3CCC[C@H]3C(=O)NCCc3ccc(C#N)cc3)nc(C(F)(F)F)n2)cc1. The second kappa shape index (κ2) is 11.4. The molecule has 37 heavy (non-hydrogen) atoms. The zero-order valence-corrected chi connectivity index (χ0v) is 20.6. The van der Waals surface area contributed by atoms with Crippen molar-refractivity contribution in [1.29, 1.82) is 5.26 Å². The van der Waals surface area contributed by atoms with Gasteiger partial charge in [-0.1, -0.05) is 49.7 Å². The van der Waals surface area contributed by atoms with E-state index in [0.29, 0.717) is 43.5 Å². The van der Waals surface area contributed by atoms with E-state index in [1.54, 1.807) is 29.2 Å². The van der Waals surface area contributed by atoms with Gasteiger partial charge in [0, 0.05) is 24.7 Å². The Morgan fingerprint density at radius 2 is 1.76 bits per heavy atom. The molecule has 0 radical (unpaired) electrons. The first kappa shape index (κ1) is 26.1. The molecule has 0 bridgehead atoms. The number of aryl methyl sites for hydroxylation is 1. The lowest BCUT2D eigenvalue weighted by Crippen LogP contribution is -2.44. The van der Waals surface area contributed by atoms with Gasteiger partial charge in [0.15, 0.2) is 0 Å². The minimum Gasteiger partial charge on any atom is -0.354 e. The van der Waals surface area contributed by atoms with Crippen molar-refractivity contribution in [2.45, 2.75) is 51.2 Å². The summed E-state index contributed by atoms with van der Waals surface area (Å²) in [6.07, 6.45) is -1.09. The number of alkyl halides is 3. The molecule has 6 nitrogen and oxygen atoms in total. The standard InChI is InChI=1S/C28H28F3N5O/c1-2-4-19-10-12-22(13-11-19)23-17-25(35-27(34-23)28(29,30)31)36-16-3-5-24(36)26(37)33-15-14-20-6-8-21(18-32)9-7-20/h6-13,17,24H,2-5,14-16H2,1H3,(H,33,37)/t24-/m0/s1. The highest BCUT2D eigenvalue weighted by Crippen LogP contribution is 2.33. The molecule has 1 aromatic heterocycles. The summed E-state index contributed by atoms with van der Waals surface area (Å²) in [5.74, 6) is -1.37. The number of nitriles is 1. The van der Waals surface area contributed by atoms with Gasteiger partial charge in [0.1, 0.15) is 11.9 Å². The van der Waals surface area contributed by atoms with E-state index < -0.39 is 18.0 Å². The lowest BCUT2D eigenvalue weighted by molar-refractivity contribution is -0.144. The number of amides is 1. The van der Waals surface area contributed by atoms with Crippen molar-refractivity contribution in [2.75, 3.05) is 18.0 Å². The molecule has 3 aromatic rings. The summed E-state index contributed by atoms with van der Waals surface area (Å²) < 4.78 is 41.1. The first-order valence-corrected chi connectivity index (χ1v) is 12.4. The van der Waals surface area contributed by atoms with Crippen molar-refractivity contribution >= 4 is 11.7 Å². The third-order valence-electron chi connectivity index (χ3n) is 6.40. The minimum absolute atomic E-state index is 0.0969. The van der Waals surface area contributed by atoms with Gasteiger partial charge < -0.3 is 10.2 Å². The molecule has 1 fully saturated rings. The number of aromatic nitrogens is 2. The van der Waals surface area contributed by atoms with Gasteiger partial charge in [-0.25, -0.2) is 9.97 Å². The maximum Gasteiger partial charge on any atom is 0.451 e. The molecule has 2 heterocycles. The van der Waals surface area contributed by atoms with E-state index >= 15 is 0 Å². The Hall–Kier alpha value is -3.93. The van der Waals surface area contributed by atoms with E-state index in [2.05, 4.69) is 28.3 Å². The molecule has 1 amide bonds. The van der Waals surface area contributed by atoms with Gasteiger partial charge >= 0.3 is 6.18 Å². The molecular weight excluding hydrogens is 479 g/mol. The second-order valence-corrected chi connectivity index (χ2v) is 9.08. The third kappa shape index (κ3) is 6.45. The van der Waals surface area contributed by atoms with Crippen LogP contribution in [0.4, 0.5) is 19.0 Å². The van der Waals surface area contributed by atoms with Gasteiger partial charge in [0.2, 0.25) is 11.7 Å². The maximum absolute atomic E-state index is 13.7. The monoisotopic (exact) mass is 507 g/mol. The molecule has 1 aliphatic heterocycles. The van der Waals surface area contributed by atoms with E-state index in [1.165, 1.54) is 6.07 Å². The predicted octanol–water partition coefficient (Wildman–Crippen LogP) is 5.31. The highest BCUT2D eigenvalue weighted by Gasteiger charge is 2.38. The summed E-state index contributed by atoms with van der Waals surface area (Å²) in [7, 11) is 0. The van der Waals surface area contributed by atoms with Gasteiger partial charge in [-0.05, 0) is 48.9 Å². The topological polar surface area (TPSA) is 81.9 Å². The van der Waals surface area contributed by atoms with E-state index in [1.807, 2.05) is 24.3 Å². The molecule has 0 aliphatic carbocycles. The highest BCUT2D eigenvalue weighted by atomic mass is 19.4. The molecule has 1 saturated heterocycles. The average molecular weight is 508 g/mol. The Bertz CT molecular complexity index is 1270. The average Bonchev–Trinajstić information content (AvgIpc) is 3.39. The van der Waals surface area contributed by atoms with Crippen molar-refractivity contribution in [3.05, 3.63) is 77.1 Å². The zero-order valence-electron chi connectivity index (χ0n) is 20.6. The van der Waals surface area contributed by atoms with Crippen LogP contribution in [0.5, 0.6) is 0 Å². The molecule has 0 unspecified atom stereocenters. The van der Waals surface area contributed by atoms with Crippen LogP contribution in [0.15, 0.2) is 54.6 Å². The van der Waals surface area contributed by atoms with E-state index in [4.69, 9.17) is 5.26 Å². The quantitative estimate of drug-likeness (QED) is 0.447. The fraction of sp³-hybridized carbons (Fsp3) is 0.357. The van der Waals surface area contributed by atoms with Gasteiger partial charge in [-0.2, -0.15) is 18.4 Å². The Morgan fingerprint density at radius 1 is 1.08 bits per heavy atom. The van der Waals surface area contributed by atoms with Crippen molar-refractivity contribution in [2.24, 2.45) is 0 Å². The van der Waals surface area contributed by atoms with Crippen molar-refractivity contribution < 1.29 is 18.0 Å². The summed E-state index contributed by atoms with van der Waals surface area (Å²) in [6, 6.07) is 17.4. The maximum atomic E-state index is 13.7. The number of hydrogen-bond acceptors (Lipinski definition) is 5. The molecular formula is C28H28F3N5O. The summed E-state index contributed by atoms with van der Waals surface area (Å²) >= 11 is 0. The Morgan fingerprint density at radius 3 is 2.41 bits per heavy atom. The number of hydrogen-bond donors (Lipinski definition) is 1.